The molecule has 6 heteroatoms. The number of hydrogen-bond acceptors (Lipinski definition) is 5. The monoisotopic (exact) mass is 322 g/mol. The van der Waals surface area contributed by atoms with Crippen LogP contribution in [-0.4, -0.2) is 36.8 Å². The van der Waals surface area contributed by atoms with Crippen molar-refractivity contribution < 1.29 is 5.11 Å². The summed E-state index contributed by atoms with van der Waals surface area (Å²) in [5, 5.41) is 13.4. The Morgan fingerprint density at radius 3 is 2.71 bits per heavy atom. The summed E-state index contributed by atoms with van der Waals surface area (Å²) in [6, 6.07) is 10.2. The standard InChI is InChI=1S/C18H20N5O/c1-11-8-13(9-14(11)24)21-16-15-17(20-10-19-16)22-18(23(15)2)12-6-4-3-5-7-12/h3-7,10-11,13-14,24H,1,8-9H2,2H3,(H,19,20,21)/t11-,13+,14-/m0/s1. The van der Waals surface area contributed by atoms with Gasteiger partial charge >= 0.3 is 0 Å². The molecule has 123 valence electrons. The minimum atomic E-state index is -0.355. The molecule has 1 fully saturated rings. The maximum absolute atomic E-state index is 9.91. The van der Waals surface area contributed by atoms with Gasteiger partial charge < -0.3 is 15.0 Å². The second-order valence-corrected chi connectivity index (χ2v) is 6.40. The van der Waals surface area contributed by atoms with Gasteiger partial charge in [0.05, 0.1) is 6.10 Å². The zero-order valence-corrected chi connectivity index (χ0v) is 13.6. The maximum Gasteiger partial charge on any atom is 0.183 e. The Morgan fingerprint density at radius 1 is 1.21 bits per heavy atom. The van der Waals surface area contributed by atoms with Gasteiger partial charge in [0.15, 0.2) is 11.5 Å². The number of aliphatic hydroxyl groups is 1. The molecule has 0 amide bonds. The number of fused-ring (bicyclic) bond motifs is 1. The van der Waals surface area contributed by atoms with Crippen LogP contribution in [0.5, 0.6) is 0 Å². The Labute approximate surface area is 140 Å². The Bertz CT molecular complexity index is 850. The van der Waals surface area contributed by atoms with Crippen LogP contribution in [-0.2, 0) is 7.05 Å². The number of nitrogens with one attached hydrogen (secondary N) is 1. The van der Waals surface area contributed by atoms with Crippen molar-refractivity contribution in [1.29, 1.82) is 0 Å². The van der Waals surface area contributed by atoms with Crippen LogP contribution in [0.25, 0.3) is 22.6 Å². The van der Waals surface area contributed by atoms with Crippen LogP contribution in [0.15, 0.2) is 36.7 Å². The van der Waals surface area contributed by atoms with Crippen LogP contribution < -0.4 is 5.32 Å². The number of aromatic nitrogens is 4. The molecule has 0 spiro atoms. The third kappa shape index (κ3) is 2.53. The summed E-state index contributed by atoms with van der Waals surface area (Å²) in [6.07, 6.45) is 2.68. The first-order valence-corrected chi connectivity index (χ1v) is 8.14. The lowest BCUT2D eigenvalue weighted by molar-refractivity contribution is 0.151. The predicted molar refractivity (Wildman–Crippen MR) is 93.2 cm³/mol. The molecule has 0 saturated heterocycles. The van der Waals surface area contributed by atoms with E-state index in [0.29, 0.717) is 12.1 Å². The molecule has 1 aromatic carbocycles. The van der Waals surface area contributed by atoms with E-state index in [9.17, 15) is 5.11 Å². The molecule has 6 nitrogen and oxygen atoms in total. The normalized spacial score (nSPS) is 23.7. The van der Waals surface area contributed by atoms with E-state index in [1.54, 1.807) is 0 Å². The Morgan fingerprint density at radius 2 is 2.00 bits per heavy atom. The first-order valence-electron chi connectivity index (χ1n) is 8.14. The van der Waals surface area contributed by atoms with Crippen LogP contribution >= 0.6 is 0 Å². The van der Waals surface area contributed by atoms with Crippen molar-refractivity contribution in [1.82, 2.24) is 19.5 Å². The third-order valence-electron chi connectivity index (χ3n) is 4.70. The zero-order valence-electron chi connectivity index (χ0n) is 13.6. The molecule has 1 aliphatic rings. The number of imidazole rings is 1. The summed E-state index contributed by atoms with van der Waals surface area (Å²) in [6.45, 7) is 3.99. The van der Waals surface area contributed by atoms with Crippen LogP contribution in [0.4, 0.5) is 5.82 Å². The first kappa shape index (κ1) is 15.1. The van der Waals surface area contributed by atoms with Gasteiger partial charge in [-0.1, -0.05) is 30.3 Å². The lowest BCUT2D eigenvalue weighted by atomic mass is 10.1. The fourth-order valence-electron chi connectivity index (χ4n) is 3.41. The third-order valence-corrected chi connectivity index (χ3v) is 4.70. The van der Waals surface area contributed by atoms with E-state index in [1.165, 1.54) is 6.33 Å². The molecule has 0 unspecified atom stereocenters. The Kier molecular flexibility index (Phi) is 3.69. The summed E-state index contributed by atoms with van der Waals surface area (Å²) < 4.78 is 2.01. The van der Waals surface area contributed by atoms with Crippen molar-refractivity contribution in [2.45, 2.75) is 25.0 Å². The molecular weight excluding hydrogens is 302 g/mol. The average molecular weight is 322 g/mol. The van der Waals surface area contributed by atoms with Gasteiger partial charge in [0, 0.05) is 18.7 Å². The molecule has 2 heterocycles. The fourth-order valence-corrected chi connectivity index (χ4v) is 3.41. The fraction of sp³-hybridized carbons (Fsp3) is 0.333. The van der Waals surface area contributed by atoms with Gasteiger partial charge in [0.1, 0.15) is 17.7 Å². The summed E-state index contributed by atoms with van der Waals surface area (Å²) in [7, 11) is 1.97. The summed E-state index contributed by atoms with van der Waals surface area (Å²) in [5.74, 6) is 1.67. The number of benzene rings is 1. The number of aryl methyl sites for hydroxylation is 1. The van der Waals surface area contributed by atoms with Crippen LogP contribution in [0.2, 0.25) is 0 Å². The van der Waals surface area contributed by atoms with Crippen molar-refractivity contribution in [3.63, 3.8) is 0 Å². The quantitative estimate of drug-likeness (QED) is 0.774. The highest BCUT2D eigenvalue weighted by atomic mass is 16.3. The first-order chi connectivity index (χ1) is 11.6. The van der Waals surface area contributed by atoms with Crippen molar-refractivity contribution in [3.05, 3.63) is 43.6 Å². The number of rotatable bonds is 3. The molecule has 0 aliphatic heterocycles. The topological polar surface area (TPSA) is 75.9 Å². The van der Waals surface area contributed by atoms with Gasteiger partial charge in [-0.3, -0.25) is 0 Å². The Hall–Kier alpha value is -2.47. The summed E-state index contributed by atoms with van der Waals surface area (Å²) in [4.78, 5) is 13.4. The molecule has 24 heavy (non-hydrogen) atoms. The van der Waals surface area contributed by atoms with Crippen molar-refractivity contribution in [2.75, 3.05) is 5.32 Å². The molecule has 1 radical (unpaired) electrons. The highest BCUT2D eigenvalue weighted by Gasteiger charge is 2.30. The number of anilines is 1. The van der Waals surface area contributed by atoms with Gasteiger partial charge in [-0.25, -0.2) is 15.0 Å². The minimum absolute atomic E-state index is 0.0613. The van der Waals surface area contributed by atoms with E-state index in [-0.39, 0.29) is 18.1 Å². The van der Waals surface area contributed by atoms with E-state index in [4.69, 9.17) is 0 Å². The van der Waals surface area contributed by atoms with Gasteiger partial charge in [-0.15, -0.1) is 0 Å². The second kappa shape index (κ2) is 5.87. The highest BCUT2D eigenvalue weighted by Crippen LogP contribution is 2.30. The molecular formula is C18H20N5O. The van der Waals surface area contributed by atoms with E-state index >= 15 is 0 Å². The predicted octanol–water partition coefficient (Wildman–Crippen LogP) is 2.42. The van der Waals surface area contributed by atoms with Crippen molar-refractivity contribution in [3.8, 4) is 11.4 Å². The Balaban J connectivity index is 1.74. The number of hydrogen-bond donors (Lipinski definition) is 2. The smallest absolute Gasteiger partial charge is 0.183 e. The van der Waals surface area contributed by atoms with Crippen molar-refractivity contribution >= 4 is 17.0 Å². The molecule has 2 N–H and O–H groups in total. The molecule has 1 saturated carbocycles. The van der Waals surface area contributed by atoms with Crippen molar-refractivity contribution in [2.24, 2.45) is 13.0 Å². The van der Waals surface area contributed by atoms with Crippen LogP contribution in [0.3, 0.4) is 0 Å². The van der Waals surface area contributed by atoms with E-state index < -0.39 is 0 Å². The summed E-state index contributed by atoms with van der Waals surface area (Å²) in [5.41, 5.74) is 2.58. The SMILES string of the molecule is [CH2][C@H]1C[C@@H](Nc2ncnc3nc(-c4ccccc4)n(C)c23)C[C@@H]1O. The molecule has 0 bridgehead atoms. The lowest BCUT2D eigenvalue weighted by Gasteiger charge is -2.14. The molecule has 1 aliphatic carbocycles. The van der Waals surface area contributed by atoms with E-state index in [1.807, 2.05) is 41.9 Å². The van der Waals surface area contributed by atoms with Gasteiger partial charge in [-0.2, -0.15) is 0 Å². The maximum atomic E-state index is 9.91. The molecule has 3 aromatic rings. The lowest BCUT2D eigenvalue weighted by Crippen LogP contribution is -2.18. The zero-order chi connectivity index (χ0) is 16.7. The van der Waals surface area contributed by atoms with E-state index in [0.717, 1.165) is 29.1 Å². The largest absolute Gasteiger partial charge is 0.393 e. The molecule has 4 rings (SSSR count). The van der Waals surface area contributed by atoms with Gasteiger partial charge in [0.2, 0.25) is 0 Å². The van der Waals surface area contributed by atoms with Crippen LogP contribution in [0.1, 0.15) is 12.8 Å². The van der Waals surface area contributed by atoms with Crippen LogP contribution in [0, 0.1) is 12.8 Å². The number of aliphatic hydroxyl groups excluding tert-OH is 1. The molecule has 2 aromatic heterocycles. The second-order valence-electron chi connectivity index (χ2n) is 6.40. The minimum Gasteiger partial charge on any atom is -0.393 e. The number of nitrogens with zero attached hydrogens (tertiary/aromatic N) is 4. The summed E-state index contributed by atoms with van der Waals surface area (Å²) >= 11 is 0. The highest BCUT2D eigenvalue weighted by molar-refractivity contribution is 5.86. The average Bonchev–Trinajstić information content (AvgIpc) is 3.09. The van der Waals surface area contributed by atoms with E-state index in [2.05, 4.69) is 27.2 Å². The van der Waals surface area contributed by atoms with Gasteiger partial charge in [0.25, 0.3) is 0 Å². The molecule has 3 atom stereocenters. The van der Waals surface area contributed by atoms with Gasteiger partial charge in [-0.05, 0) is 25.7 Å².